The van der Waals surface area contributed by atoms with Crippen molar-refractivity contribution in [3.05, 3.63) is 59.0 Å². The maximum absolute atomic E-state index is 9.39. The molecule has 102 valence electrons. The highest BCUT2D eigenvalue weighted by Gasteiger charge is 2.04. The standard InChI is InChI=1S/C16H15NO2S/c17-9-11-4-5-12-7-15(20-16(12)6-11)10-19-14-3-1-2-13(18)8-14/h1-8,18H,9-10,17H2. The minimum absolute atomic E-state index is 0.214. The van der Waals surface area contributed by atoms with Crippen molar-refractivity contribution in [3.63, 3.8) is 0 Å². The van der Waals surface area contributed by atoms with E-state index in [0.29, 0.717) is 18.9 Å². The summed E-state index contributed by atoms with van der Waals surface area (Å²) < 4.78 is 6.91. The number of ether oxygens (including phenoxy) is 1. The molecule has 0 aliphatic rings. The molecule has 0 aliphatic heterocycles. The highest BCUT2D eigenvalue weighted by Crippen LogP contribution is 2.28. The molecule has 20 heavy (non-hydrogen) atoms. The average Bonchev–Trinajstić information content (AvgIpc) is 2.87. The van der Waals surface area contributed by atoms with Crippen molar-refractivity contribution < 1.29 is 9.84 Å². The molecular formula is C16H15NO2S. The first-order valence-corrected chi connectivity index (χ1v) is 7.19. The topological polar surface area (TPSA) is 55.5 Å². The van der Waals surface area contributed by atoms with Gasteiger partial charge >= 0.3 is 0 Å². The van der Waals surface area contributed by atoms with Crippen LogP contribution in [0.15, 0.2) is 48.5 Å². The Labute approximate surface area is 121 Å². The summed E-state index contributed by atoms with van der Waals surface area (Å²) in [4.78, 5) is 1.15. The van der Waals surface area contributed by atoms with Crippen LogP contribution in [-0.4, -0.2) is 5.11 Å². The molecule has 3 nitrogen and oxygen atoms in total. The van der Waals surface area contributed by atoms with Gasteiger partial charge < -0.3 is 15.6 Å². The zero-order chi connectivity index (χ0) is 13.9. The fourth-order valence-electron chi connectivity index (χ4n) is 2.06. The molecule has 3 N–H and O–H groups in total. The third-order valence-electron chi connectivity index (χ3n) is 3.07. The number of rotatable bonds is 4. The predicted molar refractivity (Wildman–Crippen MR) is 82.2 cm³/mol. The SMILES string of the molecule is NCc1ccc2cc(COc3cccc(O)c3)sc2c1. The maximum Gasteiger partial charge on any atom is 0.123 e. The molecule has 2 aromatic carbocycles. The monoisotopic (exact) mass is 285 g/mol. The number of hydrogen-bond acceptors (Lipinski definition) is 4. The van der Waals surface area contributed by atoms with E-state index >= 15 is 0 Å². The van der Waals surface area contributed by atoms with Crippen LogP contribution in [0.4, 0.5) is 0 Å². The lowest BCUT2D eigenvalue weighted by atomic mass is 10.2. The van der Waals surface area contributed by atoms with Crippen LogP contribution in [0, 0.1) is 0 Å². The summed E-state index contributed by atoms with van der Waals surface area (Å²) in [5.41, 5.74) is 6.79. The van der Waals surface area contributed by atoms with Gasteiger partial charge in [0.25, 0.3) is 0 Å². The Bertz CT molecular complexity index is 736. The minimum atomic E-state index is 0.214. The van der Waals surface area contributed by atoms with Crippen LogP contribution in [0.3, 0.4) is 0 Å². The van der Waals surface area contributed by atoms with E-state index in [2.05, 4.69) is 24.3 Å². The van der Waals surface area contributed by atoms with Crippen molar-refractivity contribution in [2.75, 3.05) is 0 Å². The Morgan fingerprint density at radius 1 is 1.10 bits per heavy atom. The van der Waals surface area contributed by atoms with Crippen LogP contribution in [0.5, 0.6) is 11.5 Å². The molecule has 0 amide bonds. The van der Waals surface area contributed by atoms with E-state index in [1.807, 2.05) is 6.07 Å². The smallest absolute Gasteiger partial charge is 0.123 e. The first kappa shape index (κ1) is 13.0. The van der Waals surface area contributed by atoms with Gasteiger partial charge in [-0.25, -0.2) is 0 Å². The van der Waals surface area contributed by atoms with Crippen molar-refractivity contribution in [2.24, 2.45) is 5.73 Å². The Hall–Kier alpha value is -2.04. The van der Waals surface area contributed by atoms with Crippen LogP contribution >= 0.6 is 11.3 Å². The lowest BCUT2D eigenvalue weighted by Crippen LogP contribution is -1.94. The van der Waals surface area contributed by atoms with E-state index in [1.165, 1.54) is 10.1 Å². The summed E-state index contributed by atoms with van der Waals surface area (Å²) in [6.07, 6.45) is 0. The molecule has 4 heteroatoms. The zero-order valence-corrected chi connectivity index (χ0v) is 11.7. The van der Waals surface area contributed by atoms with Crippen LogP contribution in [0.25, 0.3) is 10.1 Å². The second-order valence-electron chi connectivity index (χ2n) is 4.58. The van der Waals surface area contributed by atoms with E-state index in [1.54, 1.807) is 29.5 Å². The number of hydrogen-bond donors (Lipinski definition) is 2. The normalized spacial score (nSPS) is 10.8. The number of benzene rings is 2. The average molecular weight is 285 g/mol. The second-order valence-corrected chi connectivity index (χ2v) is 5.74. The molecule has 0 bridgehead atoms. The fraction of sp³-hybridized carbons (Fsp3) is 0.125. The molecule has 0 spiro atoms. The third-order valence-corrected chi connectivity index (χ3v) is 4.14. The van der Waals surface area contributed by atoms with Gasteiger partial charge in [0.15, 0.2) is 0 Å². The summed E-state index contributed by atoms with van der Waals surface area (Å²) in [6.45, 7) is 1.06. The van der Waals surface area contributed by atoms with Crippen molar-refractivity contribution in [2.45, 2.75) is 13.2 Å². The lowest BCUT2D eigenvalue weighted by Gasteiger charge is -2.04. The molecule has 3 aromatic rings. The van der Waals surface area contributed by atoms with Gasteiger partial charge in [-0.3, -0.25) is 0 Å². The molecule has 1 heterocycles. The van der Waals surface area contributed by atoms with Gasteiger partial charge in [0, 0.05) is 22.2 Å². The Balaban J connectivity index is 1.77. The molecular weight excluding hydrogens is 270 g/mol. The summed E-state index contributed by atoms with van der Waals surface area (Å²) in [6, 6.07) is 15.2. The maximum atomic E-state index is 9.39. The lowest BCUT2D eigenvalue weighted by molar-refractivity contribution is 0.308. The quantitative estimate of drug-likeness (QED) is 0.769. The molecule has 0 fully saturated rings. The van der Waals surface area contributed by atoms with Crippen LogP contribution in [0.2, 0.25) is 0 Å². The predicted octanol–water partition coefficient (Wildman–Crippen LogP) is 3.64. The molecule has 0 saturated carbocycles. The summed E-state index contributed by atoms with van der Waals surface area (Å²) >= 11 is 1.71. The highest BCUT2D eigenvalue weighted by atomic mass is 32.1. The fourth-order valence-corrected chi connectivity index (χ4v) is 3.10. The zero-order valence-electron chi connectivity index (χ0n) is 10.9. The van der Waals surface area contributed by atoms with Crippen LogP contribution in [-0.2, 0) is 13.2 Å². The molecule has 0 atom stereocenters. The number of phenols is 1. The van der Waals surface area contributed by atoms with Gasteiger partial charge in [-0.05, 0) is 35.2 Å². The van der Waals surface area contributed by atoms with E-state index in [-0.39, 0.29) is 5.75 Å². The Morgan fingerprint density at radius 2 is 2.00 bits per heavy atom. The molecule has 0 aliphatic carbocycles. The van der Waals surface area contributed by atoms with E-state index in [0.717, 1.165) is 10.4 Å². The van der Waals surface area contributed by atoms with Crippen LogP contribution < -0.4 is 10.5 Å². The molecule has 0 radical (unpaired) electrons. The Kier molecular flexibility index (Phi) is 3.58. The third kappa shape index (κ3) is 2.76. The van der Waals surface area contributed by atoms with E-state index in [9.17, 15) is 5.11 Å². The van der Waals surface area contributed by atoms with Crippen molar-refractivity contribution in [1.29, 1.82) is 0 Å². The number of thiophene rings is 1. The largest absolute Gasteiger partial charge is 0.508 e. The molecule has 1 aromatic heterocycles. The number of aromatic hydroxyl groups is 1. The molecule has 3 rings (SSSR count). The van der Waals surface area contributed by atoms with Crippen molar-refractivity contribution >= 4 is 21.4 Å². The first-order chi connectivity index (χ1) is 9.74. The number of phenolic OH excluding ortho intramolecular Hbond substituents is 1. The second kappa shape index (κ2) is 5.53. The number of nitrogens with two attached hydrogens (primary N) is 1. The first-order valence-electron chi connectivity index (χ1n) is 6.38. The van der Waals surface area contributed by atoms with Gasteiger partial charge in [-0.15, -0.1) is 11.3 Å². The van der Waals surface area contributed by atoms with Gasteiger partial charge in [-0.1, -0.05) is 18.2 Å². The van der Waals surface area contributed by atoms with Gasteiger partial charge in [0.05, 0.1) is 0 Å². The summed E-state index contributed by atoms with van der Waals surface area (Å²) in [5.74, 6) is 0.886. The van der Waals surface area contributed by atoms with Gasteiger partial charge in [0.1, 0.15) is 18.1 Å². The Morgan fingerprint density at radius 3 is 2.80 bits per heavy atom. The van der Waals surface area contributed by atoms with E-state index < -0.39 is 0 Å². The van der Waals surface area contributed by atoms with E-state index in [4.69, 9.17) is 10.5 Å². The van der Waals surface area contributed by atoms with Gasteiger partial charge in [0.2, 0.25) is 0 Å². The van der Waals surface area contributed by atoms with Gasteiger partial charge in [-0.2, -0.15) is 0 Å². The summed E-state index contributed by atoms with van der Waals surface area (Å²) in [7, 11) is 0. The molecule has 0 unspecified atom stereocenters. The van der Waals surface area contributed by atoms with Crippen molar-refractivity contribution in [3.8, 4) is 11.5 Å². The molecule has 0 saturated heterocycles. The number of fused-ring (bicyclic) bond motifs is 1. The summed E-state index contributed by atoms with van der Waals surface area (Å²) in [5, 5.41) is 10.6. The van der Waals surface area contributed by atoms with Crippen molar-refractivity contribution in [1.82, 2.24) is 0 Å². The van der Waals surface area contributed by atoms with Crippen LogP contribution in [0.1, 0.15) is 10.4 Å². The minimum Gasteiger partial charge on any atom is -0.508 e. The highest BCUT2D eigenvalue weighted by molar-refractivity contribution is 7.19.